The average Bonchev–Trinajstić information content (AvgIpc) is 3.01. The summed E-state index contributed by atoms with van der Waals surface area (Å²) in [5.41, 5.74) is 11.6. The Labute approximate surface area is 169 Å². The number of hydrogen-bond acceptors (Lipinski definition) is 3. The molecule has 148 valence electrons. The summed E-state index contributed by atoms with van der Waals surface area (Å²) in [5.74, 6) is 0.0841. The van der Waals surface area contributed by atoms with Crippen molar-refractivity contribution in [2.24, 2.45) is 0 Å². The highest BCUT2D eigenvalue weighted by Gasteiger charge is 2.21. The summed E-state index contributed by atoms with van der Waals surface area (Å²) in [6, 6.07) is 11.9. The summed E-state index contributed by atoms with van der Waals surface area (Å²) >= 11 is 0. The molecule has 5 N–H and O–H groups in total. The van der Waals surface area contributed by atoms with E-state index in [0.29, 0.717) is 6.42 Å². The minimum atomic E-state index is -0.198. The molecule has 0 fully saturated rings. The Bertz CT molecular complexity index is 1040. The van der Waals surface area contributed by atoms with E-state index in [2.05, 4.69) is 15.3 Å². The second-order valence-corrected chi connectivity index (χ2v) is 7.28. The second kappa shape index (κ2) is 8.52. The molecule has 1 aromatic heterocycles. The fraction of sp³-hybridized carbons (Fsp3) is 0.333. The van der Waals surface area contributed by atoms with Crippen LogP contribution in [0.3, 0.4) is 0 Å². The molecule has 1 atom stereocenters. The zero-order valence-electron chi connectivity index (χ0n) is 15.6. The summed E-state index contributed by atoms with van der Waals surface area (Å²) in [7, 11) is 0. The van der Waals surface area contributed by atoms with Gasteiger partial charge in [-0.25, -0.2) is 4.79 Å². The largest absolute Gasteiger partial charge is 0.399 e. The van der Waals surface area contributed by atoms with Crippen molar-refractivity contribution in [3.05, 3.63) is 63.6 Å². The van der Waals surface area contributed by atoms with Gasteiger partial charge in [0.1, 0.15) is 0 Å². The Hall–Kier alpha value is -2.73. The predicted octanol–water partition coefficient (Wildman–Crippen LogP) is 3.38. The van der Waals surface area contributed by atoms with Gasteiger partial charge in [0, 0.05) is 12.1 Å². The van der Waals surface area contributed by atoms with Crippen molar-refractivity contribution < 1.29 is 4.79 Å². The minimum Gasteiger partial charge on any atom is -0.399 e. The van der Waals surface area contributed by atoms with E-state index in [-0.39, 0.29) is 30.0 Å². The van der Waals surface area contributed by atoms with Gasteiger partial charge in [0.25, 0.3) is 0 Å². The summed E-state index contributed by atoms with van der Waals surface area (Å²) in [6.45, 7) is 0. The number of nitrogens with two attached hydrogens (primary N) is 1. The van der Waals surface area contributed by atoms with E-state index >= 15 is 0 Å². The van der Waals surface area contributed by atoms with Crippen molar-refractivity contribution in [2.75, 3.05) is 5.73 Å². The van der Waals surface area contributed by atoms with Crippen molar-refractivity contribution in [3.8, 4) is 0 Å². The summed E-state index contributed by atoms with van der Waals surface area (Å²) in [5, 5.41) is 3.18. The maximum absolute atomic E-state index is 12.4. The topological polar surface area (TPSA) is 104 Å². The van der Waals surface area contributed by atoms with E-state index in [0.717, 1.165) is 54.4 Å². The lowest BCUT2D eigenvalue weighted by Crippen LogP contribution is -2.30. The molecular formula is C21H25ClN4O2. The highest BCUT2D eigenvalue weighted by molar-refractivity contribution is 5.85. The number of fused-ring (bicyclic) bond motifs is 2. The molecule has 1 aliphatic carbocycles. The Morgan fingerprint density at radius 2 is 1.96 bits per heavy atom. The van der Waals surface area contributed by atoms with E-state index < -0.39 is 0 Å². The van der Waals surface area contributed by atoms with E-state index in [1.165, 1.54) is 11.1 Å². The summed E-state index contributed by atoms with van der Waals surface area (Å²) in [6.07, 6.45) is 5.12. The van der Waals surface area contributed by atoms with Crippen molar-refractivity contribution >= 4 is 35.0 Å². The Morgan fingerprint density at radius 1 is 1.14 bits per heavy atom. The third-order valence-corrected chi connectivity index (χ3v) is 5.27. The third-order valence-electron chi connectivity index (χ3n) is 5.27. The molecule has 1 unspecified atom stereocenters. The quantitative estimate of drug-likeness (QED) is 0.493. The highest BCUT2D eigenvalue weighted by Crippen LogP contribution is 2.31. The normalized spacial score (nSPS) is 15.6. The maximum Gasteiger partial charge on any atom is 0.323 e. The number of nitrogen functional groups attached to an aromatic ring is 1. The van der Waals surface area contributed by atoms with E-state index in [9.17, 15) is 9.59 Å². The highest BCUT2D eigenvalue weighted by atomic mass is 35.5. The number of H-pyrrole nitrogens is 2. The van der Waals surface area contributed by atoms with E-state index in [1.54, 1.807) is 0 Å². The van der Waals surface area contributed by atoms with Crippen molar-refractivity contribution in [3.63, 3.8) is 0 Å². The van der Waals surface area contributed by atoms with Gasteiger partial charge >= 0.3 is 5.69 Å². The van der Waals surface area contributed by atoms with Crippen LogP contribution in [0.5, 0.6) is 0 Å². The number of halogens is 1. The number of nitrogens with one attached hydrogen (secondary N) is 3. The van der Waals surface area contributed by atoms with Crippen LogP contribution < -0.4 is 16.7 Å². The van der Waals surface area contributed by atoms with Crippen LogP contribution in [0.4, 0.5) is 5.69 Å². The number of anilines is 1. The molecule has 1 amide bonds. The summed E-state index contributed by atoms with van der Waals surface area (Å²) < 4.78 is 0. The van der Waals surface area contributed by atoms with Gasteiger partial charge < -0.3 is 21.0 Å². The zero-order valence-corrected chi connectivity index (χ0v) is 16.4. The molecule has 28 heavy (non-hydrogen) atoms. The van der Waals surface area contributed by atoms with Gasteiger partial charge in [0.15, 0.2) is 0 Å². The van der Waals surface area contributed by atoms with Crippen LogP contribution in [0.2, 0.25) is 0 Å². The standard InChI is InChI=1S/C21H24N4O2.ClH/c22-15-8-9-16-14(12-15)4-2-5-17(16)23-20(26)6-1-3-13-7-10-18-19(11-13)25-21(27)24-18;/h7-12,17H,1-6,22H2,(H,23,26)(H2,24,25,27);1H. The summed E-state index contributed by atoms with van der Waals surface area (Å²) in [4.78, 5) is 29.2. The monoisotopic (exact) mass is 400 g/mol. The first-order valence-electron chi connectivity index (χ1n) is 9.47. The Balaban J connectivity index is 0.00000225. The third kappa shape index (κ3) is 4.39. The van der Waals surface area contributed by atoms with Gasteiger partial charge in [-0.05, 0) is 73.1 Å². The van der Waals surface area contributed by atoms with Crippen LogP contribution in [0.1, 0.15) is 48.4 Å². The Kier molecular flexibility index (Phi) is 6.09. The minimum absolute atomic E-state index is 0. The molecule has 0 saturated carbocycles. The number of aryl methyl sites for hydroxylation is 2. The molecular weight excluding hydrogens is 376 g/mol. The first-order valence-corrected chi connectivity index (χ1v) is 9.47. The van der Waals surface area contributed by atoms with Crippen LogP contribution in [0.15, 0.2) is 41.2 Å². The van der Waals surface area contributed by atoms with Crippen molar-refractivity contribution in [1.29, 1.82) is 0 Å². The van der Waals surface area contributed by atoms with Crippen molar-refractivity contribution in [1.82, 2.24) is 15.3 Å². The smallest absolute Gasteiger partial charge is 0.323 e. The second-order valence-electron chi connectivity index (χ2n) is 7.28. The van der Waals surface area contributed by atoms with Crippen LogP contribution in [0, 0.1) is 0 Å². The molecule has 0 spiro atoms. The maximum atomic E-state index is 12.4. The van der Waals surface area contributed by atoms with Crippen LogP contribution >= 0.6 is 12.4 Å². The number of rotatable bonds is 5. The average molecular weight is 401 g/mol. The molecule has 0 bridgehead atoms. The SMILES string of the molecule is Cl.Nc1ccc2c(c1)CCCC2NC(=O)CCCc1ccc2[nH]c(=O)[nH]c2c1. The van der Waals surface area contributed by atoms with E-state index in [1.807, 2.05) is 36.4 Å². The number of amides is 1. The van der Waals surface area contributed by atoms with Gasteiger partial charge in [-0.2, -0.15) is 0 Å². The van der Waals surface area contributed by atoms with Crippen LogP contribution in [0.25, 0.3) is 11.0 Å². The lowest BCUT2D eigenvalue weighted by molar-refractivity contribution is -0.122. The lowest BCUT2D eigenvalue weighted by Gasteiger charge is -2.26. The fourth-order valence-corrected chi connectivity index (χ4v) is 3.94. The van der Waals surface area contributed by atoms with Gasteiger partial charge in [0.2, 0.25) is 5.91 Å². The lowest BCUT2D eigenvalue weighted by atomic mass is 9.87. The Morgan fingerprint density at radius 3 is 2.82 bits per heavy atom. The molecule has 0 radical (unpaired) electrons. The number of aromatic amines is 2. The zero-order chi connectivity index (χ0) is 18.8. The first-order chi connectivity index (χ1) is 13.1. The number of carbonyl (C=O) groups excluding carboxylic acids is 1. The van der Waals surface area contributed by atoms with Gasteiger partial charge in [-0.15, -0.1) is 12.4 Å². The first kappa shape index (κ1) is 20.0. The van der Waals surface area contributed by atoms with E-state index in [4.69, 9.17) is 5.73 Å². The number of hydrogen-bond donors (Lipinski definition) is 4. The number of imidazole rings is 1. The number of benzene rings is 2. The van der Waals surface area contributed by atoms with Gasteiger partial charge in [-0.3, -0.25) is 4.79 Å². The fourth-order valence-electron chi connectivity index (χ4n) is 3.94. The molecule has 7 heteroatoms. The predicted molar refractivity (Wildman–Crippen MR) is 114 cm³/mol. The van der Waals surface area contributed by atoms with Gasteiger partial charge in [0.05, 0.1) is 17.1 Å². The van der Waals surface area contributed by atoms with Crippen LogP contribution in [-0.2, 0) is 17.6 Å². The van der Waals surface area contributed by atoms with Crippen LogP contribution in [-0.4, -0.2) is 15.9 Å². The molecule has 3 aromatic rings. The molecule has 4 rings (SSSR count). The molecule has 0 saturated heterocycles. The van der Waals surface area contributed by atoms with Crippen molar-refractivity contribution in [2.45, 2.75) is 44.6 Å². The molecule has 1 heterocycles. The molecule has 6 nitrogen and oxygen atoms in total. The van der Waals surface area contributed by atoms with Gasteiger partial charge in [-0.1, -0.05) is 12.1 Å². The molecule has 1 aliphatic rings. The number of aromatic nitrogens is 2. The molecule has 2 aromatic carbocycles. The molecule has 0 aliphatic heterocycles. The number of carbonyl (C=O) groups is 1.